The van der Waals surface area contributed by atoms with Crippen molar-refractivity contribution in [1.82, 2.24) is 44.9 Å². The first-order valence-electron chi connectivity index (χ1n) is 45.5. The van der Waals surface area contributed by atoms with Gasteiger partial charge in [0.1, 0.15) is 34.9 Å². The first-order valence-corrected chi connectivity index (χ1v) is 54.6. The first kappa shape index (κ1) is 108. The molecule has 14 nitrogen and oxygen atoms in total. The van der Waals surface area contributed by atoms with Crippen LogP contribution in [-0.4, -0.2) is 50.1 Å². The van der Waals surface area contributed by atoms with Crippen molar-refractivity contribution in [3.63, 3.8) is 0 Å². The summed E-state index contributed by atoms with van der Waals surface area (Å²) in [6, 6.07) is 136. The molecule has 0 atom stereocenters. The van der Waals surface area contributed by atoms with Crippen LogP contribution in [0.25, 0.3) is 102 Å². The molecule has 0 spiro atoms. The third kappa shape index (κ3) is 29.7. The van der Waals surface area contributed by atoms with E-state index in [0.717, 1.165) is 61.3 Å². The zero-order valence-corrected chi connectivity index (χ0v) is 89.8. The van der Waals surface area contributed by atoms with E-state index in [-0.39, 0.29) is 11.6 Å². The van der Waals surface area contributed by atoms with Crippen LogP contribution in [0.3, 0.4) is 0 Å². The van der Waals surface area contributed by atoms with Gasteiger partial charge in [0, 0.05) is 110 Å². The summed E-state index contributed by atoms with van der Waals surface area (Å²) in [7, 11) is -8.89. The van der Waals surface area contributed by atoms with E-state index in [9.17, 15) is 44.8 Å². The molecular formula is C120H80Br5ClF6N10O4P3+. The zero-order valence-electron chi connectivity index (χ0n) is 78.4. The van der Waals surface area contributed by atoms with Crippen LogP contribution in [0.2, 0.25) is 0 Å². The minimum atomic E-state index is -3.56. The number of halogens is 12. The van der Waals surface area contributed by atoms with Crippen LogP contribution < -0.4 is 42.4 Å². The summed E-state index contributed by atoms with van der Waals surface area (Å²) in [5, 5.41) is 11.5. The van der Waals surface area contributed by atoms with E-state index in [1.54, 1.807) is 84.9 Å². The maximum atomic E-state index is 14.9. The van der Waals surface area contributed by atoms with Crippen molar-refractivity contribution < 1.29 is 44.8 Å². The molecule has 29 heteroatoms. The summed E-state index contributed by atoms with van der Waals surface area (Å²) < 4.78 is 128. The number of aromatic nitrogens is 9. The molecule has 21 rings (SSSR count). The topological polar surface area (TPSA) is 208 Å². The minimum Gasteiger partial charge on any atom is -0.309 e. The molecule has 0 radical (unpaired) electrons. The van der Waals surface area contributed by atoms with Crippen LogP contribution in [0.5, 0.6) is 0 Å². The number of carbonyl (C=O) groups excluding carboxylic acids is 1. The normalized spacial score (nSPS) is 10.7. The van der Waals surface area contributed by atoms with Crippen molar-refractivity contribution in [3.8, 4) is 109 Å². The number of nitrogens with zero attached hydrogens (tertiary/aromatic N) is 10. The molecule has 149 heavy (non-hydrogen) atoms. The van der Waals surface area contributed by atoms with E-state index in [4.69, 9.17) is 61.7 Å². The van der Waals surface area contributed by atoms with E-state index < -0.39 is 50.6 Å². The van der Waals surface area contributed by atoms with Crippen molar-refractivity contribution in [2.45, 2.75) is 6.92 Å². The van der Waals surface area contributed by atoms with Gasteiger partial charge in [0.05, 0.1) is 11.6 Å². The van der Waals surface area contributed by atoms with Crippen LogP contribution in [0, 0.1) is 53.2 Å². The molecule has 3 heterocycles. The molecule has 0 saturated heterocycles. The van der Waals surface area contributed by atoms with Gasteiger partial charge in [0.25, 0.3) is 5.24 Å². The van der Waals surface area contributed by atoms with Crippen molar-refractivity contribution in [2.75, 3.05) is 0 Å². The molecule has 0 bridgehead atoms. The molecular weight excluding hydrogens is 2290 g/mol. The molecule has 0 fully saturated rings. The van der Waals surface area contributed by atoms with E-state index in [1.165, 1.54) is 151 Å². The average Bonchev–Trinajstić information content (AvgIpc) is 0.722. The number of nitriles is 1. The molecule has 21 aromatic rings. The van der Waals surface area contributed by atoms with E-state index in [2.05, 4.69) is 98.7 Å². The molecule has 0 aliphatic carbocycles. The lowest BCUT2D eigenvalue weighted by Crippen LogP contribution is -2.25. The lowest BCUT2D eigenvalue weighted by Gasteiger charge is -2.20. The summed E-state index contributed by atoms with van der Waals surface area (Å²) in [6.45, 7) is 2.08. The quantitative estimate of drug-likeness (QED) is 0.0445. The number of rotatable bonds is 18. The Labute approximate surface area is 904 Å². The van der Waals surface area contributed by atoms with Gasteiger partial charge < -0.3 is 9.13 Å². The molecule has 0 amide bonds. The van der Waals surface area contributed by atoms with Gasteiger partial charge in [-0.1, -0.05) is 338 Å². The highest BCUT2D eigenvalue weighted by Crippen LogP contribution is 2.45. The maximum Gasteiger partial charge on any atom is 0.415 e. The summed E-state index contributed by atoms with van der Waals surface area (Å²) in [5.74, 6) is 2.37. The Bertz CT molecular complexity index is 7630. The minimum absolute atomic E-state index is 0.325. The van der Waals surface area contributed by atoms with Gasteiger partial charge in [-0.2, -0.15) is 5.26 Å². The summed E-state index contributed by atoms with van der Waals surface area (Å²) in [6.07, 6.45) is 0. The Morgan fingerprint density at radius 2 is 0.416 bits per heavy atom. The molecule has 0 saturated carbocycles. The average molecular weight is 2370 g/mol. The number of benzene rings is 18. The molecule has 0 unspecified atom stereocenters. The monoisotopic (exact) mass is 2360 g/mol. The van der Waals surface area contributed by atoms with Gasteiger partial charge in [0.15, 0.2) is 77.3 Å². The van der Waals surface area contributed by atoms with E-state index in [1.807, 2.05) is 231 Å². The lowest BCUT2D eigenvalue weighted by atomic mass is 10.1. The van der Waals surface area contributed by atoms with Crippen molar-refractivity contribution in [2.24, 2.45) is 0 Å². The third-order valence-electron chi connectivity index (χ3n) is 22.2. The third-order valence-corrected chi connectivity index (χ3v) is 32.7. The number of hydrogen-bond donors (Lipinski definition) is 0. The summed E-state index contributed by atoms with van der Waals surface area (Å²) in [4.78, 5) is 53.0. The second-order valence-electron chi connectivity index (χ2n) is 32.4. The molecule has 732 valence electrons. The number of hydrogen-bond acceptors (Lipinski definition) is 14. The summed E-state index contributed by atoms with van der Waals surface area (Å²) >= 11 is 22.3. The van der Waals surface area contributed by atoms with Crippen LogP contribution in [-0.2, 0) is 13.7 Å². The molecule has 0 aliphatic heterocycles. The van der Waals surface area contributed by atoms with Gasteiger partial charge in [-0.25, -0.2) is 71.2 Å². The van der Waals surface area contributed by atoms with E-state index >= 15 is 0 Å². The fraction of sp³-hybridized carbons (Fsp3) is 0.00833. The fourth-order valence-electron chi connectivity index (χ4n) is 14.5. The predicted octanol–water partition coefficient (Wildman–Crippen LogP) is 30.6. The SMILES string of the molecule is Brc1ccc(-c2nc(-c3ccccc3)nc(-c3ccc(Br)cc3)n2)cc1.Brc1ccc(-c2nc(-c3ccccc3)nc(-c3ccc(Br)cc3)n2)cc1.Cc1ccccc1.N#Cc1ccc(Br)cc1.O=C(Cl)c1ccccc1.O=P(c1ccc(F)cc1)(c1ccc(F)cc1)c1ccc(-c2nc(-c3ccccc3)nc(-c3ccc(P(=O)(c4ccc(F)cc4)c4ccc(F)cc4)cc3)n2)cc1.O=[P+](c1ccc(F)cc1)c1ccc(F)cc1. The fourth-order valence-corrected chi connectivity index (χ4v) is 22.3. The van der Waals surface area contributed by atoms with Crippen LogP contribution in [0.1, 0.15) is 21.5 Å². The van der Waals surface area contributed by atoms with Crippen LogP contribution in [0.15, 0.2) is 489 Å². The van der Waals surface area contributed by atoms with Gasteiger partial charge >= 0.3 is 7.80 Å². The van der Waals surface area contributed by atoms with E-state index in [0.29, 0.717) is 117 Å². The smallest absolute Gasteiger partial charge is 0.309 e. The van der Waals surface area contributed by atoms with Crippen LogP contribution >= 0.6 is 113 Å². The Balaban J connectivity index is 0.000000148. The number of carbonyl (C=O) groups is 1. The highest BCUT2D eigenvalue weighted by Gasteiger charge is 2.33. The number of aryl methyl sites for hydroxylation is 1. The van der Waals surface area contributed by atoms with Gasteiger partial charge in [-0.3, -0.25) is 4.79 Å². The van der Waals surface area contributed by atoms with Crippen molar-refractivity contribution >= 4 is 161 Å². The second-order valence-corrected chi connectivity index (χ2v) is 44.5. The Kier molecular flexibility index (Phi) is 38.1. The molecule has 0 N–H and O–H groups in total. The second kappa shape index (κ2) is 52.5. The van der Waals surface area contributed by atoms with Crippen molar-refractivity contribution in [3.05, 3.63) is 541 Å². The first-order chi connectivity index (χ1) is 72.2. The molecule has 18 aromatic carbocycles. The highest BCUT2D eigenvalue weighted by atomic mass is 79.9. The van der Waals surface area contributed by atoms with Crippen LogP contribution in [0.4, 0.5) is 26.3 Å². The summed E-state index contributed by atoms with van der Waals surface area (Å²) in [5.41, 5.74) is 10.2. The highest BCUT2D eigenvalue weighted by molar-refractivity contribution is 9.11. The van der Waals surface area contributed by atoms with Gasteiger partial charge in [-0.05, 0) is 237 Å². The molecule has 0 aliphatic rings. The van der Waals surface area contributed by atoms with Crippen molar-refractivity contribution in [1.29, 1.82) is 5.26 Å². The largest absolute Gasteiger partial charge is 0.415 e. The maximum absolute atomic E-state index is 14.9. The zero-order chi connectivity index (χ0) is 105. The van der Waals surface area contributed by atoms with Gasteiger partial charge in [-0.15, -0.1) is 0 Å². The molecule has 3 aromatic heterocycles. The van der Waals surface area contributed by atoms with Gasteiger partial charge in [0.2, 0.25) is 0 Å². The Morgan fingerprint density at radius 3 is 0.597 bits per heavy atom. The predicted molar refractivity (Wildman–Crippen MR) is 604 cm³/mol. The Hall–Kier alpha value is -15.0. The Morgan fingerprint density at radius 1 is 0.248 bits per heavy atom. The lowest BCUT2D eigenvalue weighted by molar-refractivity contribution is 0.108. The standard InChI is InChI=1S/C45H29F4N3O2P2.2C21H13Br2N3.C12H8F2OP.C7H4BrN.C7H5ClO.C7H8/c46-33-10-22-39(23-11-33)55(53,40-24-12-34(47)13-25-40)37-18-6-31(7-19-37)44-50-43(30-4-2-1-3-5-30)51-45(52-44)32-8-20-38(21-9-32)56(54,41-26-14-35(48)15-27-41)42-28-16-36(49)17-29-42;2*22-17-10-6-15(7-11-17)20-24-19(14-4-2-1-3-5-14)25-21(26-20)16-8-12-18(23)13-9-16;13-9-1-5-11(6-2-9)16(15)12-7-3-10(14)4-8-12;8-7-3-1-6(5-9)2-4-7;8-7(9)6-4-2-1-3-5-6;1-7-5-3-2-4-6-7/h1-29H;2*1-13H;1-8H;1-4H;1-5H;2-6H,1H3/q;;;+1;;;.